The summed E-state index contributed by atoms with van der Waals surface area (Å²) in [6, 6.07) is 12.2. The van der Waals surface area contributed by atoms with Crippen LogP contribution in [0.25, 0.3) is 6.08 Å². The maximum absolute atomic E-state index is 13.8. The van der Waals surface area contributed by atoms with Crippen LogP contribution in [0.5, 0.6) is 17.2 Å². The average molecular weight is 549 g/mol. The third-order valence-electron chi connectivity index (χ3n) is 5.95. The Balaban J connectivity index is 1.87. The molecule has 0 saturated carbocycles. The van der Waals surface area contributed by atoms with Gasteiger partial charge in [-0.15, -0.1) is 0 Å². The number of nitrogens with zero attached hydrogens (tertiary/aromatic N) is 2. The van der Waals surface area contributed by atoms with Crippen LogP contribution in [0.4, 0.5) is 0 Å². The number of hydrogen-bond donors (Lipinski definition) is 0. The topological polar surface area (TPSA) is 88.3 Å². The van der Waals surface area contributed by atoms with Gasteiger partial charge in [-0.3, -0.25) is 9.36 Å². The third kappa shape index (κ3) is 5.98. The van der Waals surface area contributed by atoms with Crippen molar-refractivity contribution >= 4 is 23.4 Å². The van der Waals surface area contributed by atoms with Crippen LogP contribution in [0.1, 0.15) is 44.9 Å². The van der Waals surface area contributed by atoms with Crippen molar-refractivity contribution in [1.82, 2.24) is 4.57 Å². The Morgan fingerprint density at radius 1 is 1.03 bits per heavy atom. The van der Waals surface area contributed by atoms with Crippen molar-refractivity contribution in [3.8, 4) is 17.2 Å². The van der Waals surface area contributed by atoms with E-state index in [2.05, 4.69) is 11.6 Å². The molecule has 0 aliphatic carbocycles. The minimum absolute atomic E-state index is 0.201. The number of thiazole rings is 1. The van der Waals surface area contributed by atoms with Gasteiger partial charge in [0.05, 0.1) is 41.7 Å². The van der Waals surface area contributed by atoms with Gasteiger partial charge >= 0.3 is 5.97 Å². The Labute approximate surface area is 231 Å². The molecule has 0 amide bonds. The molecule has 1 atom stereocenters. The summed E-state index contributed by atoms with van der Waals surface area (Å²) in [6.07, 6.45) is 3.49. The van der Waals surface area contributed by atoms with Crippen LogP contribution >= 0.6 is 11.3 Å². The van der Waals surface area contributed by atoms with E-state index in [0.717, 1.165) is 5.56 Å². The van der Waals surface area contributed by atoms with E-state index >= 15 is 0 Å². The predicted molar refractivity (Wildman–Crippen MR) is 151 cm³/mol. The van der Waals surface area contributed by atoms with Crippen molar-refractivity contribution in [1.29, 1.82) is 0 Å². The zero-order valence-electron chi connectivity index (χ0n) is 22.6. The molecule has 1 aromatic heterocycles. The minimum Gasteiger partial charge on any atom is -0.490 e. The molecular formula is C30H32N2O6S. The monoisotopic (exact) mass is 548 g/mol. The predicted octanol–water partition coefficient (Wildman–Crippen LogP) is 4.16. The van der Waals surface area contributed by atoms with Crippen molar-refractivity contribution in [3.63, 3.8) is 0 Å². The second-order valence-corrected chi connectivity index (χ2v) is 9.55. The molecule has 2 heterocycles. The van der Waals surface area contributed by atoms with Crippen LogP contribution in [0, 0.1) is 0 Å². The molecule has 0 N–H and O–H groups in total. The lowest BCUT2D eigenvalue weighted by atomic mass is 9.95. The number of ether oxygens (including phenoxy) is 4. The Bertz CT molecular complexity index is 1570. The maximum Gasteiger partial charge on any atom is 0.338 e. The van der Waals surface area contributed by atoms with Crippen molar-refractivity contribution in [2.45, 2.75) is 33.7 Å². The normalized spacial score (nSPS) is 14.9. The average Bonchev–Trinajstić information content (AvgIpc) is 3.22. The molecular weight excluding hydrogens is 516 g/mol. The van der Waals surface area contributed by atoms with Gasteiger partial charge in [0, 0.05) is 0 Å². The minimum atomic E-state index is -0.744. The van der Waals surface area contributed by atoms with E-state index in [1.807, 2.05) is 56.3 Å². The van der Waals surface area contributed by atoms with Gasteiger partial charge in [0.2, 0.25) is 0 Å². The highest BCUT2D eigenvalue weighted by atomic mass is 32.1. The van der Waals surface area contributed by atoms with E-state index in [0.29, 0.717) is 63.2 Å². The van der Waals surface area contributed by atoms with Crippen molar-refractivity contribution in [3.05, 3.63) is 97.2 Å². The molecule has 39 heavy (non-hydrogen) atoms. The summed E-state index contributed by atoms with van der Waals surface area (Å²) >= 11 is 1.27. The summed E-state index contributed by atoms with van der Waals surface area (Å²) in [6.45, 7) is 12.5. The summed E-state index contributed by atoms with van der Waals surface area (Å²) in [5, 5.41) is 0. The third-order valence-corrected chi connectivity index (χ3v) is 6.93. The fourth-order valence-electron chi connectivity index (χ4n) is 4.31. The SMILES string of the molecule is C=CCOc1ccc(/C=c2\sc3n(c2=O)C(c2ccc(OCC)c(OCC)c2)C(C(=O)OCC)=C(C)N=3)cc1. The first-order chi connectivity index (χ1) is 18.9. The highest BCUT2D eigenvalue weighted by Crippen LogP contribution is 2.36. The molecule has 3 aromatic rings. The van der Waals surface area contributed by atoms with E-state index in [9.17, 15) is 9.59 Å². The number of carbonyl (C=O) groups excluding carboxylic acids is 1. The number of esters is 1. The van der Waals surface area contributed by atoms with Gasteiger partial charge < -0.3 is 18.9 Å². The van der Waals surface area contributed by atoms with Crippen molar-refractivity contribution in [2.75, 3.05) is 26.4 Å². The first-order valence-corrected chi connectivity index (χ1v) is 13.7. The Morgan fingerprint density at radius 2 is 1.74 bits per heavy atom. The molecule has 1 unspecified atom stereocenters. The zero-order valence-corrected chi connectivity index (χ0v) is 23.4. The second-order valence-electron chi connectivity index (χ2n) is 8.54. The van der Waals surface area contributed by atoms with Gasteiger partial charge in [-0.2, -0.15) is 0 Å². The van der Waals surface area contributed by atoms with Gasteiger partial charge in [0.15, 0.2) is 16.3 Å². The second kappa shape index (κ2) is 12.6. The van der Waals surface area contributed by atoms with Gasteiger partial charge in [-0.25, -0.2) is 9.79 Å². The van der Waals surface area contributed by atoms with E-state index in [-0.39, 0.29) is 12.2 Å². The lowest BCUT2D eigenvalue weighted by Gasteiger charge is -2.25. The molecule has 0 bridgehead atoms. The summed E-state index contributed by atoms with van der Waals surface area (Å²) in [4.78, 5) is 32.1. The van der Waals surface area contributed by atoms with E-state index in [1.54, 1.807) is 30.6 Å². The van der Waals surface area contributed by atoms with Gasteiger partial charge in [0.1, 0.15) is 12.4 Å². The summed E-state index contributed by atoms with van der Waals surface area (Å²) < 4.78 is 24.6. The lowest BCUT2D eigenvalue weighted by Crippen LogP contribution is -2.40. The van der Waals surface area contributed by atoms with Crippen LogP contribution in [0.15, 0.2) is 76.2 Å². The number of rotatable bonds is 11. The Kier molecular flexibility index (Phi) is 9.03. The summed E-state index contributed by atoms with van der Waals surface area (Å²) in [5.74, 6) is 1.33. The number of carbonyl (C=O) groups is 1. The van der Waals surface area contributed by atoms with E-state index in [4.69, 9.17) is 18.9 Å². The number of aromatic nitrogens is 1. The fourth-order valence-corrected chi connectivity index (χ4v) is 5.36. The molecule has 1 aliphatic heterocycles. The largest absolute Gasteiger partial charge is 0.490 e. The van der Waals surface area contributed by atoms with Crippen molar-refractivity contribution in [2.24, 2.45) is 4.99 Å². The van der Waals surface area contributed by atoms with Crippen LogP contribution in [-0.4, -0.2) is 37.0 Å². The molecule has 0 spiro atoms. The van der Waals surface area contributed by atoms with Gasteiger partial charge in [0.25, 0.3) is 5.56 Å². The Morgan fingerprint density at radius 3 is 2.41 bits per heavy atom. The molecule has 0 fully saturated rings. The zero-order chi connectivity index (χ0) is 27.9. The van der Waals surface area contributed by atoms with Gasteiger partial charge in [-0.05, 0) is 69.2 Å². The van der Waals surface area contributed by atoms with E-state index < -0.39 is 12.0 Å². The van der Waals surface area contributed by atoms with E-state index in [1.165, 1.54) is 11.3 Å². The standard InChI is InChI=1S/C30H32N2O6S/c1-6-16-38-22-13-10-20(11-14-22)17-25-28(33)32-27(21-12-15-23(35-7-2)24(18-21)36-8-3)26(29(34)37-9-4)19(5)31-30(32)39-25/h6,10-15,17-18,27H,1,7-9,16H2,2-5H3/b25-17-. The fraction of sp³-hybridized carbons (Fsp3) is 0.300. The molecule has 0 saturated heterocycles. The van der Waals surface area contributed by atoms with Gasteiger partial charge in [-0.1, -0.05) is 42.2 Å². The molecule has 204 valence electrons. The number of fused-ring (bicyclic) bond motifs is 1. The van der Waals surface area contributed by atoms with Crippen LogP contribution in [0.2, 0.25) is 0 Å². The highest BCUT2D eigenvalue weighted by molar-refractivity contribution is 7.07. The van der Waals surface area contributed by atoms with Crippen LogP contribution in [0.3, 0.4) is 0 Å². The highest BCUT2D eigenvalue weighted by Gasteiger charge is 2.34. The maximum atomic E-state index is 13.8. The molecule has 4 rings (SSSR count). The first kappa shape index (κ1) is 27.9. The van der Waals surface area contributed by atoms with Crippen molar-refractivity contribution < 1.29 is 23.7 Å². The molecule has 1 aliphatic rings. The molecule has 2 aromatic carbocycles. The molecule has 9 heteroatoms. The number of benzene rings is 2. The van der Waals surface area contributed by atoms with Crippen LogP contribution < -0.4 is 29.1 Å². The smallest absolute Gasteiger partial charge is 0.338 e. The number of hydrogen-bond acceptors (Lipinski definition) is 8. The molecule has 8 nitrogen and oxygen atoms in total. The number of allylic oxidation sites excluding steroid dienone is 1. The Hall–Kier alpha value is -4.11. The summed E-state index contributed by atoms with van der Waals surface area (Å²) in [5.41, 5.74) is 2.09. The van der Waals surface area contributed by atoms with Crippen LogP contribution in [-0.2, 0) is 9.53 Å². The summed E-state index contributed by atoms with van der Waals surface area (Å²) in [7, 11) is 0. The quantitative estimate of drug-likeness (QED) is 0.264. The molecule has 0 radical (unpaired) electrons. The lowest BCUT2D eigenvalue weighted by molar-refractivity contribution is -0.139. The first-order valence-electron chi connectivity index (χ1n) is 12.8.